The Kier molecular flexibility index (Phi) is 5.13. The number of benzene rings is 1. The predicted molar refractivity (Wildman–Crippen MR) is 90.9 cm³/mol. The Morgan fingerprint density at radius 2 is 2.00 bits per heavy atom. The molecule has 7 heteroatoms. The standard InChI is InChI=1S/C16H25N3O3S/c1-4-16(5-2,11-17)18-23(21,22)14-7-6-13-8-9-19(12(3)20)15(13)10-14/h6-7,10,18H,4-5,8-9,11,17H2,1-3H3. The molecule has 1 amide bonds. The van der Waals surface area contributed by atoms with Crippen LogP contribution in [0.15, 0.2) is 23.1 Å². The lowest BCUT2D eigenvalue weighted by Gasteiger charge is -2.31. The zero-order valence-electron chi connectivity index (χ0n) is 13.9. The number of anilines is 1. The van der Waals surface area contributed by atoms with Crippen molar-refractivity contribution in [2.45, 2.75) is 50.5 Å². The van der Waals surface area contributed by atoms with Crippen LogP contribution in [-0.2, 0) is 21.2 Å². The molecule has 0 saturated heterocycles. The van der Waals surface area contributed by atoms with Gasteiger partial charge in [0.2, 0.25) is 15.9 Å². The van der Waals surface area contributed by atoms with E-state index in [9.17, 15) is 13.2 Å². The van der Waals surface area contributed by atoms with E-state index in [-0.39, 0.29) is 17.3 Å². The van der Waals surface area contributed by atoms with Crippen LogP contribution in [0.2, 0.25) is 0 Å². The van der Waals surface area contributed by atoms with Crippen molar-refractivity contribution in [1.82, 2.24) is 4.72 Å². The van der Waals surface area contributed by atoms with E-state index >= 15 is 0 Å². The highest BCUT2D eigenvalue weighted by molar-refractivity contribution is 7.89. The van der Waals surface area contributed by atoms with Crippen LogP contribution in [0.25, 0.3) is 0 Å². The van der Waals surface area contributed by atoms with Gasteiger partial charge in [0.25, 0.3) is 0 Å². The van der Waals surface area contributed by atoms with Gasteiger partial charge in [-0.3, -0.25) is 4.79 Å². The fourth-order valence-corrected chi connectivity index (χ4v) is 4.50. The van der Waals surface area contributed by atoms with Gasteiger partial charge in [-0.05, 0) is 37.0 Å². The maximum atomic E-state index is 12.7. The summed E-state index contributed by atoms with van der Waals surface area (Å²) in [7, 11) is -3.69. The smallest absolute Gasteiger partial charge is 0.241 e. The van der Waals surface area contributed by atoms with E-state index in [1.165, 1.54) is 6.92 Å². The monoisotopic (exact) mass is 339 g/mol. The van der Waals surface area contributed by atoms with Gasteiger partial charge in [-0.2, -0.15) is 0 Å². The number of amides is 1. The fraction of sp³-hybridized carbons (Fsp3) is 0.562. The molecule has 0 unspecified atom stereocenters. The highest BCUT2D eigenvalue weighted by Crippen LogP contribution is 2.31. The second kappa shape index (κ2) is 6.59. The van der Waals surface area contributed by atoms with Crippen molar-refractivity contribution >= 4 is 21.6 Å². The summed E-state index contributed by atoms with van der Waals surface area (Å²) in [5.41, 5.74) is 6.83. The molecule has 1 aliphatic rings. The van der Waals surface area contributed by atoms with Gasteiger partial charge < -0.3 is 10.6 Å². The molecule has 0 atom stereocenters. The second-order valence-electron chi connectivity index (χ2n) is 6.01. The number of nitrogens with one attached hydrogen (secondary N) is 1. The number of fused-ring (bicyclic) bond motifs is 1. The zero-order chi connectivity index (χ0) is 17.3. The summed E-state index contributed by atoms with van der Waals surface area (Å²) in [6.07, 6.45) is 1.98. The Morgan fingerprint density at radius 3 is 2.52 bits per heavy atom. The first kappa shape index (κ1) is 17.9. The van der Waals surface area contributed by atoms with Gasteiger partial charge in [0, 0.05) is 31.2 Å². The summed E-state index contributed by atoms with van der Waals surface area (Å²) in [5, 5.41) is 0. The van der Waals surface area contributed by atoms with Crippen LogP contribution in [0.1, 0.15) is 39.2 Å². The van der Waals surface area contributed by atoms with Crippen LogP contribution in [0.5, 0.6) is 0 Å². The van der Waals surface area contributed by atoms with Crippen molar-refractivity contribution in [3.63, 3.8) is 0 Å². The number of hydrogen-bond acceptors (Lipinski definition) is 4. The SMILES string of the molecule is CCC(CC)(CN)NS(=O)(=O)c1ccc2c(c1)N(C(C)=O)CC2. The molecule has 128 valence electrons. The first-order valence-corrected chi connectivity index (χ1v) is 9.42. The molecule has 0 aromatic heterocycles. The number of sulfonamides is 1. The van der Waals surface area contributed by atoms with Crippen LogP contribution in [0.3, 0.4) is 0 Å². The van der Waals surface area contributed by atoms with E-state index in [2.05, 4.69) is 4.72 Å². The Morgan fingerprint density at radius 1 is 1.35 bits per heavy atom. The van der Waals surface area contributed by atoms with Crippen LogP contribution >= 0.6 is 0 Å². The van der Waals surface area contributed by atoms with Crippen molar-refractivity contribution in [3.8, 4) is 0 Å². The number of carbonyl (C=O) groups excluding carboxylic acids is 1. The summed E-state index contributed by atoms with van der Waals surface area (Å²) in [4.78, 5) is 13.5. The van der Waals surface area contributed by atoms with Gasteiger partial charge in [-0.1, -0.05) is 19.9 Å². The molecule has 23 heavy (non-hydrogen) atoms. The molecule has 3 N–H and O–H groups in total. The van der Waals surface area contributed by atoms with E-state index in [1.54, 1.807) is 23.1 Å². The number of nitrogens with zero attached hydrogens (tertiary/aromatic N) is 1. The molecular formula is C16H25N3O3S. The number of carbonyl (C=O) groups is 1. The lowest BCUT2D eigenvalue weighted by molar-refractivity contribution is -0.116. The van der Waals surface area contributed by atoms with Crippen LogP contribution in [-0.4, -0.2) is 33.0 Å². The Balaban J connectivity index is 2.39. The van der Waals surface area contributed by atoms with Gasteiger partial charge in [-0.15, -0.1) is 0 Å². The highest BCUT2D eigenvalue weighted by atomic mass is 32.2. The average Bonchev–Trinajstić information content (AvgIpc) is 2.96. The Hall–Kier alpha value is -1.44. The van der Waals surface area contributed by atoms with Crippen molar-refractivity contribution in [2.75, 3.05) is 18.0 Å². The molecule has 0 aliphatic carbocycles. The summed E-state index contributed by atoms with van der Waals surface area (Å²) in [6, 6.07) is 4.96. The minimum atomic E-state index is -3.69. The van der Waals surface area contributed by atoms with E-state index in [0.29, 0.717) is 25.1 Å². The van der Waals surface area contributed by atoms with Crippen molar-refractivity contribution in [3.05, 3.63) is 23.8 Å². The van der Waals surface area contributed by atoms with Crippen LogP contribution in [0.4, 0.5) is 5.69 Å². The number of rotatable bonds is 6. The Bertz CT molecular complexity index is 688. The molecular weight excluding hydrogens is 314 g/mol. The molecule has 6 nitrogen and oxygen atoms in total. The van der Waals surface area contributed by atoms with Crippen molar-refractivity contribution in [1.29, 1.82) is 0 Å². The average molecular weight is 339 g/mol. The number of nitrogens with two attached hydrogens (primary N) is 1. The summed E-state index contributed by atoms with van der Waals surface area (Å²) >= 11 is 0. The molecule has 0 fully saturated rings. The van der Waals surface area contributed by atoms with Crippen LogP contribution in [0, 0.1) is 0 Å². The van der Waals surface area contributed by atoms with E-state index in [0.717, 1.165) is 12.0 Å². The van der Waals surface area contributed by atoms with Gasteiger partial charge in [0.15, 0.2) is 0 Å². The first-order valence-electron chi connectivity index (χ1n) is 7.93. The van der Waals surface area contributed by atoms with E-state index in [1.807, 2.05) is 13.8 Å². The third kappa shape index (κ3) is 3.41. The second-order valence-corrected chi connectivity index (χ2v) is 7.69. The fourth-order valence-electron chi connectivity index (χ4n) is 2.92. The highest BCUT2D eigenvalue weighted by Gasteiger charge is 2.32. The molecule has 1 aromatic carbocycles. The van der Waals surface area contributed by atoms with E-state index in [4.69, 9.17) is 5.73 Å². The lowest BCUT2D eigenvalue weighted by atomic mass is 9.95. The molecule has 0 saturated carbocycles. The Labute approximate surface area is 138 Å². The minimum absolute atomic E-state index is 0.0790. The summed E-state index contributed by atoms with van der Waals surface area (Å²) in [5.74, 6) is -0.0790. The zero-order valence-corrected chi connectivity index (χ0v) is 14.7. The molecule has 0 radical (unpaired) electrons. The van der Waals surface area contributed by atoms with Crippen molar-refractivity contribution < 1.29 is 13.2 Å². The van der Waals surface area contributed by atoms with E-state index < -0.39 is 15.6 Å². The largest absolute Gasteiger partial charge is 0.329 e. The molecule has 0 bridgehead atoms. The molecule has 1 aliphatic heterocycles. The van der Waals surface area contributed by atoms with Gasteiger partial charge in [-0.25, -0.2) is 13.1 Å². The minimum Gasteiger partial charge on any atom is -0.329 e. The normalized spacial score (nSPS) is 14.9. The molecule has 2 rings (SSSR count). The van der Waals surface area contributed by atoms with Crippen molar-refractivity contribution in [2.24, 2.45) is 5.73 Å². The summed E-state index contributed by atoms with van der Waals surface area (Å²) < 4.78 is 28.2. The molecule has 1 heterocycles. The predicted octanol–water partition coefficient (Wildman–Crippen LogP) is 1.39. The third-order valence-electron chi connectivity index (χ3n) is 4.74. The van der Waals surface area contributed by atoms with Gasteiger partial charge in [0.05, 0.1) is 4.90 Å². The molecule has 0 spiro atoms. The quantitative estimate of drug-likeness (QED) is 0.819. The maximum absolute atomic E-state index is 12.7. The van der Waals surface area contributed by atoms with Gasteiger partial charge >= 0.3 is 0 Å². The maximum Gasteiger partial charge on any atom is 0.241 e. The van der Waals surface area contributed by atoms with Gasteiger partial charge in [0.1, 0.15) is 0 Å². The lowest BCUT2D eigenvalue weighted by Crippen LogP contribution is -2.52. The topological polar surface area (TPSA) is 92.5 Å². The third-order valence-corrected chi connectivity index (χ3v) is 6.31. The summed E-state index contributed by atoms with van der Waals surface area (Å²) in [6.45, 7) is 6.16. The number of hydrogen-bond donors (Lipinski definition) is 2. The first-order chi connectivity index (χ1) is 10.8. The molecule has 1 aromatic rings. The van der Waals surface area contributed by atoms with Crippen LogP contribution < -0.4 is 15.4 Å².